The van der Waals surface area contributed by atoms with Crippen LogP contribution >= 0.6 is 0 Å². The van der Waals surface area contributed by atoms with E-state index in [0.29, 0.717) is 6.04 Å². The molecule has 0 amide bonds. The van der Waals surface area contributed by atoms with E-state index in [-0.39, 0.29) is 5.41 Å². The van der Waals surface area contributed by atoms with Crippen molar-refractivity contribution in [1.82, 2.24) is 10.2 Å². The van der Waals surface area contributed by atoms with Crippen molar-refractivity contribution in [2.75, 3.05) is 26.2 Å². The van der Waals surface area contributed by atoms with Gasteiger partial charge >= 0.3 is 0 Å². The topological polar surface area (TPSA) is 39.1 Å². The fourth-order valence-electron chi connectivity index (χ4n) is 2.39. The van der Waals surface area contributed by atoms with E-state index in [9.17, 15) is 0 Å². The van der Waals surface area contributed by atoms with Crippen molar-refractivity contribution in [1.29, 1.82) is 5.26 Å². The minimum absolute atomic E-state index is 0.186. The van der Waals surface area contributed by atoms with Gasteiger partial charge in [0.15, 0.2) is 0 Å². The minimum atomic E-state index is -0.186. The third-order valence-corrected chi connectivity index (χ3v) is 3.62. The van der Waals surface area contributed by atoms with Gasteiger partial charge in [0.2, 0.25) is 0 Å². The van der Waals surface area contributed by atoms with Gasteiger partial charge in [-0.15, -0.1) is 0 Å². The molecule has 1 fully saturated rings. The molecule has 1 N–H and O–H groups in total. The molecule has 0 aromatic rings. The van der Waals surface area contributed by atoms with Crippen molar-refractivity contribution in [3.8, 4) is 6.07 Å². The van der Waals surface area contributed by atoms with Crippen LogP contribution in [-0.2, 0) is 0 Å². The first-order valence-corrected chi connectivity index (χ1v) is 6.95. The molecule has 0 bridgehead atoms. The van der Waals surface area contributed by atoms with Gasteiger partial charge in [-0.3, -0.25) is 4.90 Å². The highest BCUT2D eigenvalue weighted by Gasteiger charge is 2.23. The zero-order valence-electron chi connectivity index (χ0n) is 11.6. The first kappa shape index (κ1) is 14.5. The Hall–Kier alpha value is -0.590. The Morgan fingerprint density at radius 3 is 2.71 bits per heavy atom. The maximum Gasteiger partial charge on any atom is 0.0684 e. The molecule has 1 aliphatic heterocycles. The lowest BCUT2D eigenvalue weighted by Crippen LogP contribution is -2.47. The van der Waals surface area contributed by atoms with E-state index in [1.54, 1.807) is 0 Å². The zero-order chi connectivity index (χ0) is 12.7. The van der Waals surface area contributed by atoms with Crippen LogP contribution in [-0.4, -0.2) is 37.1 Å². The first-order valence-electron chi connectivity index (χ1n) is 6.95. The Morgan fingerprint density at radius 1 is 1.41 bits per heavy atom. The zero-order valence-corrected chi connectivity index (χ0v) is 11.6. The molecule has 1 unspecified atom stereocenters. The molecule has 0 aromatic carbocycles. The summed E-state index contributed by atoms with van der Waals surface area (Å²) in [5, 5.41) is 12.5. The molecular formula is C14H27N3. The molecule has 1 atom stereocenters. The molecule has 0 aliphatic carbocycles. The minimum Gasteiger partial charge on any atom is -0.315 e. The van der Waals surface area contributed by atoms with Crippen LogP contribution in [0.2, 0.25) is 0 Å². The van der Waals surface area contributed by atoms with Gasteiger partial charge in [-0.2, -0.15) is 5.26 Å². The summed E-state index contributed by atoms with van der Waals surface area (Å²) >= 11 is 0. The highest BCUT2D eigenvalue weighted by molar-refractivity contribution is 4.92. The molecule has 1 rings (SSSR count). The summed E-state index contributed by atoms with van der Waals surface area (Å²) in [5.74, 6) is 0. The van der Waals surface area contributed by atoms with E-state index < -0.39 is 0 Å². The van der Waals surface area contributed by atoms with Crippen LogP contribution in [0.5, 0.6) is 0 Å². The van der Waals surface area contributed by atoms with Gasteiger partial charge in [0.1, 0.15) is 0 Å². The summed E-state index contributed by atoms with van der Waals surface area (Å²) < 4.78 is 0. The molecule has 0 aromatic heterocycles. The van der Waals surface area contributed by atoms with Crippen LogP contribution < -0.4 is 5.32 Å². The fourth-order valence-corrected chi connectivity index (χ4v) is 2.39. The second-order valence-electron chi connectivity index (χ2n) is 5.78. The normalized spacial score (nSPS) is 21.5. The Kier molecular flexibility index (Phi) is 5.94. The fraction of sp³-hybridized carbons (Fsp3) is 0.929. The summed E-state index contributed by atoms with van der Waals surface area (Å²) in [4.78, 5) is 2.57. The predicted octanol–water partition coefficient (Wildman–Crippen LogP) is 2.39. The summed E-state index contributed by atoms with van der Waals surface area (Å²) in [6.07, 6.45) is 4.76. The number of piperidine rings is 1. The first-order chi connectivity index (χ1) is 8.09. The number of rotatable bonds is 6. The lowest BCUT2D eigenvalue weighted by molar-refractivity contribution is 0.151. The summed E-state index contributed by atoms with van der Waals surface area (Å²) in [6.45, 7) is 10.8. The van der Waals surface area contributed by atoms with E-state index in [2.05, 4.69) is 23.2 Å². The monoisotopic (exact) mass is 237 g/mol. The molecule has 0 spiro atoms. The number of nitriles is 1. The van der Waals surface area contributed by atoms with E-state index >= 15 is 0 Å². The van der Waals surface area contributed by atoms with Crippen LogP contribution in [0.25, 0.3) is 0 Å². The third-order valence-electron chi connectivity index (χ3n) is 3.62. The molecule has 1 heterocycles. The highest BCUT2D eigenvalue weighted by atomic mass is 15.2. The SMILES string of the molecule is CCCN(CCC(C)(C)C#N)C1CCCNC1. The summed E-state index contributed by atoms with van der Waals surface area (Å²) in [5.41, 5.74) is -0.186. The Morgan fingerprint density at radius 2 is 2.18 bits per heavy atom. The van der Waals surface area contributed by atoms with Crippen molar-refractivity contribution >= 4 is 0 Å². The molecule has 98 valence electrons. The molecule has 0 saturated carbocycles. The van der Waals surface area contributed by atoms with E-state index in [4.69, 9.17) is 5.26 Å². The average molecular weight is 237 g/mol. The lowest BCUT2D eigenvalue weighted by atomic mass is 9.90. The summed E-state index contributed by atoms with van der Waals surface area (Å²) in [6, 6.07) is 3.08. The van der Waals surface area contributed by atoms with Gasteiger partial charge in [-0.25, -0.2) is 0 Å². The van der Waals surface area contributed by atoms with Crippen LogP contribution in [0.15, 0.2) is 0 Å². The predicted molar refractivity (Wildman–Crippen MR) is 71.8 cm³/mol. The molecule has 3 heteroatoms. The van der Waals surface area contributed by atoms with Gasteiger partial charge in [0.25, 0.3) is 0 Å². The van der Waals surface area contributed by atoms with Gasteiger partial charge in [-0.1, -0.05) is 6.92 Å². The summed E-state index contributed by atoms with van der Waals surface area (Å²) in [7, 11) is 0. The van der Waals surface area contributed by atoms with Crippen molar-refractivity contribution in [2.45, 2.75) is 52.5 Å². The number of nitrogens with zero attached hydrogens (tertiary/aromatic N) is 2. The second-order valence-corrected chi connectivity index (χ2v) is 5.78. The van der Waals surface area contributed by atoms with Crippen molar-refractivity contribution in [2.24, 2.45) is 5.41 Å². The van der Waals surface area contributed by atoms with Crippen LogP contribution in [0.4, 0.5) is 0 Å². The Balaban J connectivity index is 2.45. The van der Waals surface area contributed by atoms with E-state index in [1.807, 2.05) is 13.8 Å². The number of hydrogen-bond acceptors (Lipinski definition) is 3. The molecule has 0 radical (unpaired) electrons. The van der Waals surface area contributed by atoms with Crippen molar-refractivity contribution < 1.29 is 0 Å². The molecular weight excluding hydrogens is 210 g/mol. The van der Waals surface area contributed by atoms with E-state index in [1.165, 1.54) is 25.8 Å². The van der Waals surface area contributed by atoms with Gasteiger partial charge in [0.05, 0.1) is 11.5 Å². The Labute approximate surface area is 106 Å². The average Bonchev–Trinajstić information content (AvgIpc) is 2.35. The van der Waals surface area contributed by atoms with Crippen molar-refractivity contribution in [3.63, 3.8) is 0 Å². The largest absolute Gasteiger partial charge is 0.315 e. The van der Waals surface area contributed by atoms with Crippen molar-refractivity contribution in [3.05, 3.63) is 0 Å². The van der Waals surface area contributed by atoms with Crippen LogP contribution in [0.1, 0.15) is 46.5 Å². The molecule has 3 nitrogen and oxygen atoms in total. The molecule has 17 heavy (non-hydrogen) atoms. The number of nitrogens with one attached hydrogen (secondary N) is 1. The highest BCUT2D eigenvalue weighted by Crippen LogP contribution is 2.21. The van der Waals surface area contributed by atoms with Crippen LogP contribution in [0.3, 0.4) is 0 Å². The maximum atomic E-state index is 9.07. The number of hydrogen-bond donors (Lipinski definition) is 1. The van der Waals surface area contributed by atoms with Gasteiger partial charge in [-0.05, 0) is 59.2 Å². The van der Waals surface area contributed by atoms with Gasteiger partial charge < -0.3 is 5.32 Å². The molecule has 1 aliphatic rings. The van der Waals surface area contributed by atoms with Gasteiger partial charge in [0, 0.05) is 12.6 Å². The Bertz CT molecular complexity index is 249. The maximum absolute atomic E-state index is 9.07. The molecule has 1 saturated heterocycles. The quantitative estimate of drug-likeness (QED) is 0.771. The standard InChI is InChI=1S/C14H27N3/c1-4-9-17(10-7-14(2,3)12-15)13-6-5-8-16-11-13/h13,16H,4-11H2,1-3H3. The van der Waals surface area contributed by atoms with Crippen LogP contribution in [0, 0.1) is 16.7 Å². The third kappa shape index (κ3) is 5.06. The second kappa shape index (κ2) is 6.98. The lowest BCUT2D eigenvalue weighted by Gasteiger charge is -2.35. The smallest absolute Gasteiger partial charge is 0.0684 e. The van der Waals surface area contributed by atoms with E-state index in [0.717, 1.165) is 26.1 Å².